The number of ether oxygens (including phenoxy) is 2. The normalized spacial score (nSPS) is 32.4. The quantitative estimate of drug-likeness (QED) is 0.831. The highest BCUT2D eigenvalue weighted by molar-refractivity contribution is 5.77. The molecule has 2 aliphatic heterocycles. The Kier molecular flexibility index (Phi) is 3.43. The third-order valence-electron chi connectivity index (χ3n) is 4.39. The number of carbonyl (C=O) groups excluding carboxylic acids is 1. The van der Waals surface area contributed by atoms with E-state index in [1.165, 1.54) is 5.57 Å². The van der Waals surface area contributed by atoms with Crippen molar-refractivity contribution in [3.63, 3.8) is 0 Å². The monoisotopic (exact) mass is 280 g/mol. The van der Waals surface area contributed by atoms with Crippen molar-refractivity contribution < 1.29 is 19.1 Å². The maximum atomic E-state index is 11.6. The van der Waals surface area contributed by atoms with Gasteiger partial charge in [0.2, 0.25) is 5.91 Å². The Morgan fingerprint density at radius 1 is 1.50 bits per heavy atom. The molecule has 1 saturated heterocycles. The number of amides is 1. The van der Waals surface area contributed by atoms with Crippen molar-refractivity contribution in [2.75, 3.05) is 20.8 Å². The van der Waals surface area contributed by atoms with Crippen LogP contribution in [0.15, 0.2) is 23.1 Å². The van der Waals surface area contributed by atoms with Crippen molar-refractivity contribution >= 4 is 5.91 Å². The van der Waals surface area contributed by atoms with Gasteiger partial charge in [0, 0.05) is 18.6 Å². The minimum atomic E-state index is -0.315. The summed E-state index contributed by atoms with van der Waals surface area (Å²) >= 11 is 0. The first-order valence-corrected chi connectivity index (χ1v) is 6.88. The molecule has 0 aromatic heterocycles. The SMILES string of the molecule is COC1C2=C3C(=CN1OC)OCCC3CC(C(N)=O)C2. The molecule has 1 amide bonds. The van der Waals surface area contributed by atoms with E-state index in [0.717, 1.165) is 24.2 Å². The van der Waals surface area contributed by atoms with Gasteiger partial charge in [0.25, 0.3) is 0 Å². The largest absolute Gasteiger partial charge is 0.492 e. The molecule has 0 aromatic rings. The number of methoxy groups -OCH3 is 1. The number of allylic oxidation sites excluding steroid dienone is 1. The van der Waals surface area contributed by atoms with Gasteiger partial charge in [-0.25, -0.2) is 5.06 Å². The van der Waals surface area contributed by atoms with Gasteiger partial charge < -0.3 is 15.2 Å². The van der Waals surface area contributed by atoms with E-state index < -0.39 is 0 Å². The van der Waals surface area contributed by atoms with Gasteiger partial charge >= 0.3 is 0 Å². The molecule has 2 heterocycles. The molecule has 3 atom stereocenters. The highest BCUT2D eigenvalue weighted by atomic mass is 16.7. The molecule has 6 nitrogen and oxygen atoms in total. The van der Waals surface area contributed by atoms with Gasteiger partial charge in [0.05, 0.1) is 19.9 Å². The zero-order chi connectivity index (χ0) is 14.3. The molecule has 20 heavy (non-hydrogen) atoms. The third kappa shape index (κ3) is 1.99. The van der Waals surface area contributed by atoms with Crippen molar-refractivity contribution in [3.8, 4) is 0 Å². The van der Waals surface area contributed by atoms with E-state index in [2.05, 4.69) is 0 Å². The maximum Gasteiger partial charge on any atom is 0.220 e. The van der Waals surface area contributed by atoms with E-state index in [9.17, 15) is 4.79 Å². The zero-order valence-electron chi connectivity index (χ0n) is 11.8. The van der Waals surface area contributed by atoms with Gasteiger partial charge in [-0.3, -0.25) is 9.63 Å². The fraction of sp³-hybridized carbons (Fsp3) is 0.643. The fourth-order valence-corrected chi connectivity index (χ4v) is 3.48. The highest BCUT2D eigenvalue weighted by Gasteiger charge is 2.42. The molecule has 3 unspecified atom stereocenters. The molecule has 110 valence electrons. The Labute approximate surface area is 118 Å². The first kappa shape index (κ1) is 13.5. The first-order valence-electron chi connectivity index (χ1n) is 6.88. The molecule has 6 heteroatoms. The molecule has 1 aliphatic carbocycles. The van der Waals surface area contributed by atoms with Gasteiger partial charge in [-0.05, 0) is 30.8 Å². The lowest BCUT2D eigenvalue weighted by Crippen LogP contribution is -2.44. The number of primary amides is 1. The van der Waals surface area contributed by atoms with Crippen LogP contribution in [0.1, 0.15) is 19.3 Å². The van der Waals surface area contributed by atoms with Crippen LogP contribution in [0.2, 0.25) is 0 Å². The van der Waals surface area contributed by atoms with E-state index in [1.807, 2.05) is 6.20 Å². The lowest BCUT2D eigenvalue weighted by atomic mass is 9.72. The summed E-state index contributed by atoms with van der Waals surface area (Å²) in [7, 11) is 3.22. The first-order chi connectivity index (χ1) is 9.65. The lowest BCUT2D eigenvalue weighted by Gasteiger charge is -2.43. The number of hydroxylamine groups is 2. The van der Waals surface area contributed by atoms with Crippen molar-refractivity contribution in [3.05, 3.63) is 23.1 Å². The third-order valence-corrected chi connectivity index (χ3v) is 4.39. The Bertz CT molecular complexity index is 486. The van der Waals surface area contributed by atoms with Gasteiger partial charge in [-0.15, -0.1) is 0 Å². The van der Waals surface area contributed by atoms with E-state index >= 15 is 0 Å². The topological polar surface area (TPSA) is 74.0 Å². The van der Waals surface area contributed by atoms with Crippen molar-refractivity contribution in [2.45, 2.75) is 25.5 Å². The molecule has 1 fully saturated rings. The molecule has 0 aromatic carbocycles. The number of carbonyl (C=O) groups is 1. The van der Waals surface area contributed by atoms with E-state index in [1.54, 1.807) is 19.3 Å². The van der Waals surface area contributed by atoms with Gasteiger partial charge in [-0.1, -0.05) is 0 Å². The van der Waals surface area contributed by atoms with Crippen LogP contribution in [-0.4, -0.2) is 38.0 Å². The fourth-order valence-electron chi connectivity index (χ4n) is 3.48. The summed E-state index contributed by atoms with van der Waals surface area (Å²) in [6.07, 6.45) is 3.86. The molecular weight excluding hydrogens is 260 g/mol. The Balaban J connectivity index is 2.03. The maximum absolute atomic E-state index is 11.6. The molecule has 3 rings (SSSR count). The summed E-state index contributed by atoms with van der Waals surface area (Å²) in [5.74, 6) is 0.799. The summed E-state index contributed by atoms with van der Waals surface area (Å²) in [5, 5.41) is 1.62. The number of nitrogens with zero attached hydrogens (tertiary/aromatic N) is 1. The Morgan fingerprint density at radius 2 is 2.30 bits per heavy atom. The number of rotatable bonds is 3. The molecular formula is C14H20N2O4. The van der Waals surface area contributed by atoms with E-state index in [-0.39, 0.29) is 18.1 Å². The Morgan fingerprint density at radius 3 is 2.95 bits per heavy atom. The van der Waals surface area contributed by atoms with Gasteiger partial charge in [0.15, 0.2) is 6.23 Å². The van der Waals surface area contributed by atoms with Crippen molar-refractivity contribution in [1.29, 1.82) is 0 Å². The summed E-state index contributed by atoms with van der Waals surface area (Å²) in [6.45, 7) is 0.661. The molecule has 0 radical (unpaired) electrons. The average Bonchev–Trinajstić information content (AvgIpc) is 2.46. The van der Waals surface area contributed by atoms with Crippen LogP contribution in [0.3, 0.4) is 0 Å². The van der Waals surface area contributed by atoms with Crippen LogP contribution >= 0.6 is 0 Å². The molecule has 0 saturated carbocycles. The number of hydrogen-bond donors (Lipinski definition) is 1. The highest BCUT2D eigenvalue weighted by Crippen LogP contribution is 2.46. The Hall–Kier alpha value is -1.53. The van der Waals surface area contributed by atoms with Gasteiger partial charge in [0.1, 0.15) is 5.76 Å². The summed E-state index contributed by atoms with van der Waals surface area (Å²) < 4.78 is 11.3. The van der Waals surface area contributed by atoms with Crippen LogP contribution in [0.4, 0.5) is 0 Å². The second-order valence-corrected chi connectivity index (χ2v) is 5.44. The summed E-state index contributed by atoms with van der Waals surface area (Å²) in [5.41, 5.74) is 7.77. The van der Waals surface area contributed by atoms with E-state index in [4.69, 9.17) is 20.0 Å². The minimum Gasteiger partial charge on any atom is -0.492 e. The number of nitrogens with two attached hydrogens (primary N) is 1. The smallest absolute Gasteiger partial charge is 0.220 e. The van der Waals surface area contributed by atoms with Crippen LogP contribution < -0.4 is 5.73 Å². The average molecular weight is 280 g/mol. The second-order valence-electron chi connectivity index (χ2n) is 5.44. The van der Waals surface area contributed by atoms with Crippen molar-refractivity contribution in [1.82, 2.24) is 5.06 Å². The standard InChI is InChI=1S/C14H20N2O4/c1-18-14-10-6-9(13(15)17)5-8-3-4-20-11(12(8)10)7-16(14)19-2/h7-9,14H,3-6H2,1-2H3,(H2,15,17). The summed E-state index contributed by atoms with van der Waals surface area (Å²) in [6, 6.07) is 0. The second kappa shape index (κ2) is 5.10. The molecule has 3 aliphatic rings. The summed E-state index contributed by atoms with van der Waals surface area (Å²) in [4.78, 5) is 16.9. The van der Waals surface area contributed by atoms with Crippen molar-refractivity contribution in [2.24, 2.45) is 17.6 Å². The molecule has 0 spiro atoms. The predicted molar refractivity (Wildman–Crippen MR) is 70.7 cm³/mol. The zero-order valence-corrected chi connectivity index (χ0v) is 11.8. The molecule has 2 N–H and O–H groups in total. The van der Waals surface area contributed by atoms with Crippen LogP contribution in [-0.2, 0) is 19.1 Å². The lowest BCUT2D eigenvalue weighted by molar-refractivity contribution is -0.189. The molecule has 0 bridgehead atoms. The minimum absolute atomic E-state index is 0.132. The predicted octanol–water partition coefficient (Wildman–Crippen LogP) is 0.906. The van der Waals surface area contributed by atoms with Crippen LogP contribution in [0.25, 0.3) is 0 Å². The van der Waals surface area contributed by atoms with Crippen LogP contribution in [0.5, 0.6) is 0 Å². The van der Waals surface area contributed by atoms with E-state index in [0.29, 0.717) is 18.9 Å². The number of hydrogen-bond acceptors (Lipinski definition) is 5. The van der Waals surface area contributed by atoms with Gasteiger partial charge in [-0.2, -0.15) is 0 Å². The van der Waals surface area contributed by atoms with Crippen LogP contribution in [0, 0.1) is 11.8 Å².